The highest BCUT2D eigenvalue weighted by Crippen LogP contribution is 2.25. The van der Waals surface area contributed by atoms with E-state index in [0.29, 0.717) is 5.56 Å². The summed E-state index contributed by atoms with van der Waals surface area (Å²) >= 11 is 0. The van der Waals surface area contributed by atoms with E-state index in [-0.39, 0.29) is 5.91 Å². The van der Waals surface area contributed by atoms with E-state index in [2.05, 4.69) is 18.2 Å². The molecular formula is C22H27N2O3+. The number of carbonyl (C=O) groups excluding carboxylic acids is 1. The van der Waals surface area contributed by atoms with Gasteiger partial charge in [0.25, 0.3) is 5.91 Å². The Bertz CT molecular complexity index is 841. The number of nitrogens with one attached hydrogen (secondary N) is 1. The number of piperazine rings is 1. The van der Waals surface area contributed by atoms with Gasteiger partial charge in [-0.1, -0.05) is 6.07 Å². The Labute approximate surface area is 160 Å². The van der Waals surface area contributed by atoms with Gasteiger partial charge in [-0.05, 0) is 48.4 Å². The van der Waals surface area contributed by atoms with Crippen molar-refractivity contribution in [3.05, 3.63) is 58.7 Å². The highest BCUT2D eigenvalue weighted by atomic mass is 16.5. The zero-order valence-corrected chi connectivity index (χ0v) is 16.1. The van der Waals surface area contributed by atoms with Crippen molar-refractivity contribution in [3.63, 3.8) is 0 Å². The Morgan fingerprint density at radius 1 is 1.19 bits per heavy atom. The number of ether oxygens (including phenoxy) is 2. The van der Waals surface area contributed by atoms with Gasteiger partial charge in [-0.3, -0.25) is 4.79 Å². The SMILES string of the molecule is COc1cc(C(=O)N2CC[NH+](Cc3ccc4c(c3)CCO4)CC2)ccc1C. The van der Waals surface area contributed by atoms with Crippen LogP contribution in [0.3, 0.4) is 0 Å². The molecule has 1 N–H and O–H groups in total. The van der Waals surface area contributed by atoms with Crippen LogP contribution in [0.4, 0.5) is 0 Å². The van der Waals surface area contributed by atoms with Gasteiger partial charge in [0, 0.05) is 17.5 Å². The molecule has 2 aromatic rings. The van der Waals surface area contributed by atoms with E-state index >= 15 is 0 Å². The molecule has 0 bridgehead atoms. The summed E-state index contributed by atoms with van der Waals surface area (Å²) in [5.74, 6) is 1.91. The quantitative estimate of drug-likeness (QED) is 0.890. The molecule has 0 spiro atoms. The summed E-state index contributed by atoms with van der Waals surface area (Å²) in [6.45, 7) is 7.33. The Hall–Kier alpha value is -2.53. The van der Waals surface area contributed by atoms with Crippen LogP contribution in [0.2, 0.25) is 0 Å². The fourth-order valence-electron chi connectivity index (χ4n) is 3.98. The van der Waals surface area contributed by atoms with Crippen LogP contribution in [-0.4, -0.2) is 50.7 Å². The Morgan fingerprint density at radius 3 is 2.78 bits per heavy atom. The molecule has 0 saturated carbocycles. The van der Waals surface area contributed by atoms with Gasteiger partial charge < -0.3 is 19.3 Å². The molecule has 5 nitrogen and oxygen atoms in total. The topological polar surface area (TPSA) is 43.2 Å². The van der Waals surface area contributed by atoms with E-state index in [0.717, 1.165) is 62.8 Å². The highest BCUT2D eigenvalue weighted by Gasteiger charge is 2.25. The largest absolute Gasteiger partial charge is 0.496 e. The average Bonchev–Trinajstić information content (AvgIpc) is 3.16. The number of aryl methyl sites for hydroxylation is 1. The van der Waals surface area contributed by atoms with Crippen molar-refractivity contribution >= 4 is 5.91 Å². The van der Waals surface area contributed by atoms with Crippen LogP contribution in [-0.2, 0) is 13.0 Å². The Balaban J connectivity index is 1.35. The number of nitrogens with zero attached hydrogens (tertiary/aromatic N) is 1. The predicted molar refractivity (Wildman–Crippen MR) is 104 cm³/mol. The molecule has 27 heavy (non-hydrogen) atoms. The van der Waals surface area contributed by atoms with Crippen LogP contribution < -0.4 is 14.4 Å². The third-order valence-electron chi connectivity index (χ3n) is 5.62. The maximum Gasteiger partial charge on any atom is 0.254 e. The van der Waals surface area contributed by atoms with Gasteiger partial charge in [0.2, 0.25) is 0 Å². The minimum Gasteiger partial charge on any atom is -0.496 e. The molecule has 2 aliphatic heterocycles. The van der Waals surface area contributed by atoms with Crippen LogP contribution in [0.15, 0.2) is 36.4 Å². The molecule has 2 heterocycles. The zero-order chi connectivity index (χ0) is 18.8. The smallest absolute Gasteiger partial charge is 0.254 e. The van der Waals surface area contributed by atoms with E-state index in [4.69, 9.17) is 9.47 Å². The molecule has 5 heteroatoms. The lowest BCUT2D eigenvalue weighted by molar-refractivity contribution is -0.917. The normalized spacial score (nSPS) is 16.7. The number of amides is 1. The summed E-state index contributed by atoms with van der Waals surface area (Å²) in [5, 5.41) is 0. The molecule has 0 aliphatic carbocycles. The maximum atomic E-state index is 12.8. The van der Waals surface area contributed by atoms with Gasteiger partial charge in [0.05, 0.1) is 39.9 Å². The number of rotatable bonds is 4. The van der Waals surface area contributed by atoms with E-state index in [1.165, 1.54) is 16.0 Å². The average molecular weight is 367 g/mol. The minimum atomic E-state index is 0.0991. The second kappa shape index (κ2) is 7.61. The van der Waals surface area contributed by atoms with E-state index in [1.54, 1.807) is 7.11 Å². The molecule has 1 amide bonds. The Morgan fingerprint density at radius 2 is 2.00 bits per heavy atom. The van der Waals surface area contributed by atoms with Crippen molar-refractivity contribution in [1.82, 2.24) is 4.90 Å². The van der Waals surface area contributed by atoms with Crippen molar-refractivity contribution in [2.45, 2.75) is 19.9 Å². The Kier molecular flexibility index (Phi) is 5.03. The van der Waals surface area contributed by atoms with Gasteiger partial charge in [-0.2, -0.15) is 0 Å². The van der Waals surface area contributed by atoms with Crippen molar-refractivity contribution in [2.75, 3.05) is 39.9 Å². The summed E-state index contributed by atoms with van der Waals surface area (Å²) in [6, 6.07) is 12.3. The van der Waals surface area contributed by atoms with Crippen LogP contribution in [0.5, 0.6) is 11.5 Å². The number of methoxy groups -OCH3 is 1. The monoisotopic (exact) mass is 367 g/mol. The third-order valence-corrected chi connectivity index (χ3v) is 5.62. The number of benzene rings is 2. The molecule has 142 valence electrons. The van der Waals surface area contributed by atoms with Crippen molar-refractivity contribution < 1.29 is 19.2 Å². The van der Waals surface area contributed by atoms with Gasteiger partial charge in [0.1, 0.15) is 18.0 Å². The number of quaternary nitrogens is 1. The first-order valence-corrected chi connectivity index (χ1v) is 9.66. The van der Waals surface area contributed by atoms with Crippen molar-refractivity contribution in [1.29, 1.82) is 0 Å². The zero-order valence-electron chi connectivity index (χ0n) is 16.1. The van der Waals surface area contributed by atoms with Crippen molar-refractivity contribution in [2.24, 2.45) is 0 Å². The molecule has 4 rings (SSSR count). The first kappa shape index (κ1) is 17.9. The van der Waals surface area contributed by atoms with E-state index in [1.807, 2.05) is 30.0 Å². The molecule has 0 atom stereocenters. The summed E-state index contributed by atoms with van der Waals surface area (Å²) in [6.07, 6.45) is 1.01. The van der Waals surface area contributed by atoms with Gasteiger partial charge in [-0.15, -0.1) is 0 Å². The van der Waals surface area contributed by atoms with E-state index < -0.39 is 0 Å². The standard InChI is InChI=1S/C22H26N2O3/c1-16-3-5-19(14-21(16)26-2)22(25)24-10-8-23(9-11-24)15-17-4-6-20-18(13-17)7-12-27-20/h3-6,13-14H,7-12,15H2,1-2H3/p+1. The molecule has 0 unspecified atom stereocenters. The number of hydrogen-bond acceptors (Lipinski definition) is 3. The molecular weight excluding hydrogens is 340 g/mol. The minimum absolute atomic E-state index is 0.0991. The summed E-state index contributed by atoms with van der Waals surface area (Å²) in [7, 11) is 1.64. The molecule has 0 radical (unpaired) electrons. The number of hydrogen-bond donors (Lipinski definition) is 1. The fourth-order valence-corrected chi connectivity index (χ4v) is 3.98. The fraction of sp³-hybridized carbons (Fsp3) is 0.409. The van der Waals surface area contributed by atoms with Crippen molar-refractivity contribution in [3.8, 4) is 11.5 Å². The molecule has 0 aromatic heterocycles. The molecule has 1 saturated heterocycles. The summed E-state index contributed by atoms with van der Waals surface area (Å²) in [4.78, 5) is 16.3. The molecule has 2 aromatic carbocycles. The molecule has 2 aliphatic rings. The second-order valence-electron chi connectivity index (χ2n) is 7.44. The van der Waals surface area contributed by atoms with E-state index in [9.17, 15) is 4.79 Å². The predicted octanol–water partition coefficient (Wildman–Crippen LogP) is 1.48. The molecule has 1 fully saturated rings. The highest BCUT2D eigenvalue weighted by molar-refractivity contribution is 5.94. The maximum absolute atomic E-state index is 12.8. The summed E-state index contributed by atoms with van der Waals surface area (Å²) in [5.41, 5.74) is 4.44. The lowest BCUT2D eigenvalue weighted by Crippen LogP contribution is -3.13. The lowest BCUT2D eigenvalue weighted by Gasteiger charge is -2.32. The van der Waals surface area contributed by atoms with Gasteiger partial charge in [-0.25, -0.2) is 0 Å². The lowest BCUT2D eigenvalue weighted by atomic mass is 10.1. The third kappa shape index (κ3) is 3.78. The number of fused-ring (bicyclic) bond motifs is 1. The van der Waals surface area contributed by atoms with Crippen LogP contribution in [0.1, 0.15) is 27.0 Å². The first-order chi connectivity index (χ1) is 13.1. The number of carbonyl (C=O) groups is 1. The van der Waals surface area contributed by atoms with Crippen LogP contribution in [0.25, 0.3) is 0 Å². The van der Waals surface area contributed by atoms with Gasteiger partial charge >= 0.3 is 0 Å². The second-order valence-corrected chi connectivity index (χ2v) is 7.44. The van der Waals surface area contributed by atoms with Crippen LogP contribution >= 0.6 is 0 Å². The van der Waals surface area contributed by atoms with Crippen LogP contribution in [0, 0.1) is 6.92 Å². The summed E-state index contributed by atoms with van der Waals surface area (Å²) < 4.78 is 10.9. The van der Waals surface area contributed by atoms with Gasteiger partial charge in [0.15, 0.2) is 0 Å². The first-order valence-electron chi connectivity index (χ1n) is 9.66.